The molecular weight excluding hydrogens is 454 g/mol. The highest BCUT2D eigenvalue weighted by molar-refractivity contribution is 8.00. The van der Waals surface area contributed by atoms with Gasteiger partial charge in [0, 0.05) is 5.69 Å². The van der Waals surface area contributed by atoms with Crippen LogP contribution in [0.3, 0.4) is 0 Å². The van der Waals surface area contributed by atoms with E-state index in [0.29, 0.717) is 6.54 Å². The molecule has 0 bridgehead atoms. The molecule has 4 aromatic rings. The number of benzene rings is 3. The smallest absolute Gasteiger partial charge is 0.237 e. The van der Waals surface area contributed by atoms with Gasteiger partial charge in [0.05, 0.1) is 18.3 Å². The van der Waals surface area contributed by atoms with Gasteiger partial charge in [-0.3, -0.25) is 9.69 Å². The molecule has 1 atom stereocenters. The van der Waals surface area contributed by atoms with E-state index in [1.807, 2.05) is 43.3 Å². The molecule has 6 nitrogen and oxygen atoms in total. The number of carbonyl (C=O) groups excluding carboxylic acids is 1. The van der Waals surface area contributed by atoms with Gasteiger partial charge in [-0.25, -0.2) is 0 Å². The molecule has 35 heavy (non-hydrogen) atoms. The number of nitrogens with one attached hydrogen (secondary N) is 1. The van der Waals surface area contributed by atoms with Crippen LogP contribution in [0.2, 0.25) is 0 Å². The Morgan fingerprint density at radius 2 is 1.66 bits per heavy atom. The highest BCUT2D eigenvalue weighted by Crippen LogP contribution is 2.26. The SMILES string of the molecule is CC(Sc1nnc(CN2CCCCC2)n1Cc1ccccc1)C(=O)Nc1ccc2ccccc2c1. The average Bonchev–Trinajstić information content (AvgIpc) is 3.25. The molecular formula is C28H31N5OS. The van der Waals surface area contributed by atoms with Crippen molar-refractivity contribution >= 4 is 34.1 Å². The number of hydrogen-bond donors (Lipinski definition) is 1. The maximum atomic E-state index is 13.0. The van der Waals surface area contributed by atoms with Crippen LogP contribution in [-0.4, -0.2) is 43.9 Å². The number of carbonyl (C=O) groups is 1. The molecule has 1 aliphatic heterocycles. The molecule has 1 N–H and O–H groups in total. The van der Waals surface area contributed by atoms with Crippen molar-refractivity contribution in [2.24, 2.45) is 0 Å². The lowest BCUT2D eigenvalue weighted by Crippen LogP contribution is -2.30. The number of fused-ring (bicyclic) bond motifs is 1. The Bertz CT molecular complexity index is 1280. The average molecular weight is 486 g/mol. The molecule has 180 valence electrons. The topological polar surface area (TPSA) is 63.1 Å². The molecule has 1 saturated heterocycles. The summed E-state index contributed by atoms with van der Waals surface area (Å²) in [5.74, 6) is 0.914. The zero-order chi connectivity index (χ0) is 24.0. The summed E-state index contributed by atoms with van der Waals surface area (Å²) in [6, 6.07) is 24.5. The van der Waals surface area contributed by atoms with Crippen LogP contribution in [0.1, 0.15) is 37.6 Å². The number of rotatable bonds is 8. The van der Waals surface area contributed by atoms with E-state index in [1.54, 1.807) is 0 Å². The van der Waals surface area contributed by atoms with Gasteiger partial charge in [0.15, 0.2) is 5.16 Å². The first-order chi connectivity index (χ1) is 17.2. The van der Waals surface area contributed by atoms with Crippen LogP contribution >= 0.6 is 11.8 Å². The first kappa shape index (κ1) is 23.6. The van der Waals surface area contributed by atoms with Gasteiger partial charge in [0.1, 0.15) is 5.82 Å². The molecule has 0 saturated carbocycles. The lowest BCUT2D eigenvalue weighted by molar-refractivity contribution is -0.115. The van der Waals surface area contributed by atoms with E-state index in [4.69, 9.17) is 0 Å². The van der Waals surface area contributed by atoms with Crippen molar-refractivity contribution < 1.29 is 4.79 Å². The van der Waals surface area contributed by atoms with Crippen LogP contribution in [0, 0.1) is 0 Å². The van der Waals surface area contributed by atoms with Crippen molar-refractivity contribution in [2.75, 3.05) is 18.4 Å². The molecule has 0 aliphatic carbocycles. The number of amides is 1. The molecule has 1 aliphatic rings. The van der Waals surface area contributed by atoms with Crippen molar-refractivity contribution in [2.45, 2.75) is 49.7 Å². The van der Waals surface area contributed by atoms with Crippen LogP contribution < -0.4 is 5.32 Å². The van der Waals surface area contributed by atoms with Crippen LogP contribution in [0.5, 0.6) is 0 Å². The van der Waals surface area contributed by atoms with Crippen LogP contribution in [-0.2, 0) is 17.9 Å². The minimum atomic E-state index is -0.317. The van der Waals surface area contributed by atoms with Crippen molar-refractivity contribution in [3.63, 3.8) is 0 Å². The third-order valence-corrected chi connectivity index (χ3v) is 7.54. The number of aromatic nitrogens is 3. The molecule has 1 fully saturated rings. The Morgan fingerprint density at radius 3 is 2.46 bits per heavy atom. The Morgan fingerprint density at radius 1 is 0.914 bits per heavy atom. The molecule has 0 spiro atoms. The minimum Gasteiger partial charge on any atom is -0.325 e. The fourth-order valence-corrected chi connectivity index (χ4v) is 5.36. The van der Waals surface area contributed by atoms with Gasteiger partial charge < -0.3 is 9.88 Å². The van der Waals surface area contributed by atoms with Crippen molar-refractivity contribution in [1.29, 1.82) is 0 Å². The second-order valence-corrected chi connectivity index (χ2v) is 10.4. The zero-order valence-corrected chi connectivity index (χ0v) is 20.9. The summed E-state index contributed by atoms with van der Waals surface area (Å²) in [5.41, 5.74) is 2.00. The van der Waals surface area contributed by atoms with Gasteiger partial charge in [-0.15, -0.1) is 10.2 Å². The quantitative estimate of drug-likeness (QED) is 0.330. The lowest BCUT2D eigenvalue weighted by atomic mass is 10.1. The fourth-order valence-electron chi connectivity index (χ4n) is 4.49. The second-order valence-electron chi connectivity index (χ2n) is 9.12. The third kappa shape index (κ3) is 5.92. The Hall–Kier alpha value is -3.16. The Kier molecular flexibility index (Phi) is 7.45. The van der Waals surface area contributed by atoms with E-state index in [-0.39, 0.29) is 11.2 Å². The first-order valence-corrected chi connectivity index (χ1v) is 13.2. The van der Waals surface area contributed by atoms with E-state index in [2.05, 4.69) is 61.4 Å². The predicted molar refractivity (Wildman–Crippen MR) is 143 cm³/mol. The summed E-state index contributed by atoms with van der Waals surface area (Å²) in [6.45, 7) is 5.61. The zero-order valence-electron chi connectivity index (χ0n) is 20.1. The van der Waals surface area contributed by atoms with Crippen molar-refractivity contribution in [1.82, 2.24) is 19.7 Å². The van der Waals surface area contributed by atoms with E-state index < -0.39 is 0 Å². The second kappa shape index (κ2) is 11.1. The highest BCUT2D eigenvalue weighted by atomic mass is 32.2. The molecule has 3 aromatic carbocycles. The van der Waals surface area contributed by atoms with Gasteiger partial charge in [0.2, 0.25) is 5.91 Å². The van der Waals surface area contributed by atoms with Crippen LogP contribution in [0.15, 0.2) is 78.0 Å². The van der Waals surface area contributed by atoms with E-state index in [0.717, 1.165) is 47.1 Å². The molecule has 2 heterocycles. The van der Waals surface area contributed by atoms with Crippen LogP contribution in [0.25, 0.3) is 10.8 Å². The first-order valence-electron chi connectivity index (χ1n) is 12.3. The standard InChI is InChI=1S/C28H31N5OS/c1-21(27(34)29-25-15-14-23-12-6-7-13-24(23)18-25)35-28-31-30-26(20-32-16-8-3-9-17-32)33(28)19-22-10-4-2-5-11-22/h2,4-7,10-15,18,21H,3,8-9,16-17,19-20H2,1H3,(H,29,34). The van der Waals surface area contributed by atoms with Crippen molar-refractivity contribution in [3.8, 4) is 0 Å². The maximum absolute atomic E-state index is 13.0. The number of likely N-dealkylation sites (tertiary alicyclic amines) is 1. The number of hydrogen-bond acceptors (Lipinski definition) is 5. The summed E-state index contributed by atoms with van der Waals surface area (Å²) in [4.78, 5) is 15.5. The summed E-state index contributed by atoms with van der Waals surface area (Å²) < 4.78 is 2.18. The van der Waals surface area contributed by atoms with Gasteiger partial charge >= 0.3 is 0 Å². The molecule has 1 amide bonds. The lowest BCUT2D eigenvalue weighted by Gasteiger charge is -2.26. The Labute approximate surface area is 210 Å². The van der Waals surface area contributed by atoms with Gasteiger partial charge in [-0.05, 0) is 61.3 Å². The van der Waals surface area contributed by atoms with Gasteiger partial charge in [-0.1, -0.05) is 78.8 Å². The number of piperidine rings is 1. The van der Waals surface area contributed by atoms with Crippen molar-refractivity contribution in [3.05, 3.63) is 84.2 Å². The summed E-state index contributed by atoms with van der Waals surface area (Å²) in [5, 5.41) is 14.9. The third-order valence-electron chi connectivity index (χ3n) is 6.46. The summed E-state index contributed by atoms with van der Waals surface area (Å²) in [6.07, 6.45) is 3.78. The van der Waals surface area contributed by atoms with Gasteiger partial charge in [0.25, 0.3) is 0 Å². The predicted octanol–water partition coefficient (Wildman–Crippen LogP) is 5.58. The molecule has 1 unspecified atom stereocenters. The normalized spacial score (nSPS) is 15.2. The largest absolute Gasteiger partial charge is 0.325 e. The number of anilines is 1. The monoisotopic (exact) mass is 485 g/mol. The van der Waals surface area contributed by atoms with E-state index in [9.17, 15) is 4.79 Å². The Balaban J connectivity index is 1.32. The van der Waals surface area contributed by atoms with E-state index in [1.165, 1.54) is 36.6 Å². The highest BCUT2D eigenvalue weighted by Gasteiger charge is 2.22. The number of nitrogens with zero attached hydrogens (tertiary/aromatic N) is 4. The molecule has 7 heteroatoms. The fraction of sp³-hybridized carbons (Fsp3) is 0.321. The summed E-state index contributed by atoms with van der Waals surface area (Å²) in [7, 11) is 0. The van der Waals surface area contributed by atoms with Gasteiger partial charge in [-0.2, -0.15) is 0 Å². The summed E-state index contributed by atoms with van der Waals surface area (Å²) >= 11 is 1.46. The van der Waals surface area contributed by atoms with Crippen LogP contribution in [0.4, 0.5) is 5.69 Å². The molecule has 5 rings (SSSR count). The van der Waals surface area contributed by atoms with E-state index >= 15 is 0 Å². The minimum absolute atomic E-state index is 0.0443. The maximum Gasteiger partial charge on any atom is 0.237 e. The number of thioether (sulfide) groups is 1. The molecule has 0 radical (unpaired) electrons. The molecule has 1 aromatic heterocycles.